The lowest BCUT2D eigenvalue weighted by Gasteiger charge is -2.30. The van der Waals surface area contributed by atoms with Gasteiger partial charge in [-0.15, -0.1) is 0 Å². The molecule has 0 spiro atoms. The van der Waals surface area contributed by atoms with Gasteiger partial charge in [-0.05, 0) is 31.7 Å². The minimum absolute atomic E-state index is 0.368. The smallest absolute Gasteiger partial charge is 0.176 e. The van der Waals surface area contributed by atoms with Gasteiger partial charge in [-0.3, -0.25) is 0 Å². The van der Waals surface area contributed by atoms with Crippen molar-refractivity contribution in [2.75, 3.05) is 26.7 Å². The number of aromatic nitrogens is 3. The van der Waals surface area contributed by atoms with E-state index in [1.54, 1.807) is 7.11 Å². The van der Waals surface area contributed by atoms with Crippen molar-refractivity contribution in [3.63, 3.8) is 0 Å². The lowest BCUT2D eigenvalue weighted by atomic mass is 9.97. The molecular formula is C14H23N5O. The van der Waals surface area contributed by atoms with Crippen LogP contribution < -0.4 is 5.32 Å². The fraction of sp³-hybridized carbons (Fsp3) is 0.857. The third-order valence-corrected chi connectivity index (χ3v) is 4.94. The van der Waals surface area contributed by atoms with Crippen LogP contribution in [0.5, 0.6) is 0 Å². The van der Waals surface area contributed by atoms with E-state index >= 15 is 0 Å². The van der Waals surface area contributed by atoms with Crippen molar-refractivity contribution in [3.05, 3.63) is 11.6 Å². The van der Waals surface area contributed by atoms with Crippen molar-refractivity contribution in [2.24, 2.45) is 5.92 Å². The van der Waals surface area contributed by atoms with Crippen LogP contribution in [0.2, 0.25) is 0 Å². The third kappa shape index (κ3) is 2.16. The average molecular weight is 277 g/mol. The first-order chi connectivity index (χ1) is 9.83. The van der Waals surface area contributed by atoms with Crippen molar-refractivity contribution in [3.8, 4) is 0 Å². The number of methoxy groups -OCH3 is 1. The maximum Gasteiger partial charge on any atom is 0.176 e. The number of rotatable bonds is 4. The van der Waals surface area contributed by atoms with Gasteiger partial charge < -0.3 is 15.0 Å². The van der Waals surface area contributed by atoms with Crippen LogP contribution in [-0.4, -0.2) is 52.5 Å². The van der Waals surface area contributed by atoms with Gasteiger partial charge in [-0.1, -0.05) is 0 Å². The van der Waals surface area contributed by atoms with Gasteiger partial charge in [0.1, 0.15) is 12.4 Å². The normalized spacial score (nSPS) is 35.5. The van der Waals surface area contributed by atoms with E-state index in [0.29, 0.717) is 18.7 Å². The van der Waals surface area contributed by atoms with Crippen molar-refractivity contribution in [2.45, 2.75) is 44.5 Å². The van der Waals surface area contributed by atoms with E-state index in [-0.39, 0.29) is 0 Å². The Morgan fingerprint density at radius 3 is 3.00 bits per heavy atom. The Kier molecular flexibility index (Phi) is 3.24. The Bertz CT molecular complexity index is 488. The van der Waals surface area contributed by atoms with Crippen molar-refractivity contribution < 1.29 is 4.74 Å². The van der Waals surface area contributed by atoms with Crippen molar-refractivity contribution in [1.82, 2.24) is 25.0 Å². The first-order valence-electron chi connectivity index (χ1n) is 7.74. The molecule has 0 aromatic carbocycles. The standard InChI is InChI=1S/C14H23N5O/c1-20-9-13-16-14-11(3-2-5-19(14)17-13)15-12-8-18-6-4-10(12)7-18/h10-12,15H,2-9H2,1H3. The number of nitrogens with zero attached hydrogens (tertiary/aromatic N) is 4. The minimum atomic E-state index is 0.368. The van der Waals surface area contributed by atoms with Gasteiger partial charge in [0.2, 0.25) is 0 Å². The number of hydrogen-bond acceptors (Lipinski definition) is 5. The molecule has 4 unspecified atom stereocenters. The third-order valence-electron chi connectivity index (χ3n) is 4.94. The van der Waals surface area contributed by atoms with Crippen molar-refractivity contribution in [1.29, 1.82) is 0 Å². The predicted octanol–water partition coefficient (Wildman–Crippen LogP) is 0.553. The van der Waals surface area contributed by atoms with E-state index in [4.69, 9.17) is 4.74 Å². The highest BCUT2D eigenvalue weighted by molar-refractivity contribution is 5.05. The molecule has 3 aliphatic rings. The number of nitrogens with one attached hydrogen (secondary N) is 1. The summed E-state index contributed by atoms with van der Waals surface area (Å²) in [5.74, 6) is 2.76. The van der Waals surface area contributed by atoms with Gasteiger partial charge in [0, 0.05) is 32.8 Å². The molecule has 2 saturated heterocycles. The Balaban J connectivity index is 1.49. The Hall–Kier alpha value is -0.980. The summed E-state index contributed by atoms with van der Waals surface area (Å²) in [5.41, 5.74) is 0. The summed E-state index contributed by atoms with van der Waals surface area (Å²) in [5, 5.41) is 8.40. The molecule has 110 valence electrons. The zero-order valence-electron chi connectivity index (χ0n) is 12.1. The largest absolute Gasteiger partial charge is 0.377 e. The van der Waals surface area contributed by atoms with Gasteiger partial charge in [0.05, 0.1) is 6.04 Å². The molecule has 0 amide bonds. The van der Waals surface area contributed by atoms with Gasteiger partial charge in [-0.2, -0.15) is 5.10 Å². The SMILES string of the molecule is COCc1nc2n(n1)CCCC2NC1CN2CCC1C2. The summed E-state index contributed by atoms with van der Waals surface area (Å²) < 4.78 is 7.22. The molecular weight excluding hydrogens is 254 g/mol. The quantitative estimate of drug-likeness (QED) is 0.871. The molecule has 2 fully saturated rings. The fourth-order valence-corrected chi connectivity index (χ4v) is 3.98. The molecule has 3 aliphatic heterocycles. The van der Waals surface area contributed by atoms with Crippen LogP contribution in [0, 0.1) is 5.92 Å². The first kappa shape index (κ1) is 12.7. The van der Waals surface area contributed by atoms with E-state index in [2.05, 4.69) is 25.0 Å². The minimum Gasteiger partial charge on any atom is -0.377 e. The average Bonchev–Trinajstić information content (AvgIpc) is 3.13. The van der Waals surface area contributed by atoms with Gasteiger partial charge >= 0.3 is 0 Å². The van der Waals surface area contributed by atoms with E-state index in [0.717, 1.165) is 24.1 Å². The maximum atomic E-state index is 5.15. The molecule has 1 N–H and O–H groups in total. The highest BCUT2D eigenvalue weighted by Gasteiger charge is 2.39. The highest BCUT2D eigenvalue weighted by Crippen LogP contribution is 2.31. The molecule has 6 nitrogen and oxygen atoms in total. The molecule has 0 saturated carbocycles. The van der Waals surface area contributed by atoms with Crippen LogP contribution in [0.1, 0.15) is 37.0 Å². The van der Waals surface area contributed by atoms with E-state index in [1.165, 1.54) is 38.9 Å². The molecule has 2 bridgehead atoms. The lowest BCUT2D eigenvalue weighted by Crippen LogP contribution is -2.43. The number of ether oxygens (including phenoxy) is 1. The summed E-state index contributed by atoms with van der Waals surface area (Å²) in [6.07, 6.45) is 3.71. The number of hydrogen-bond donors (Lipinski definition) is 1. The second-order valence-corrected chi connectivity index (χ2v) is 6.32. The molecule has 1 aromatic heterocycles. The van der Waals surface area contributed by atoms with Crippen LogP contribution in [0.4, 0.5) is 0 Å². The van der Waals surface area contributed by atoms with Crippen molar-refractivity contribution >= 4 is 0 Å². The monoisotopic (exact) mass is 277 g/mol. The molecule has 0 aliphatic carbocycles. The molecule has 4 heterocycles. The van der Waals surface area contributed by atoms with Crippen LogP contribution >= 0.6 is 0 Å². The Labute approximate surface area is 119 Å². The number of fused-ring (bicyclic) bond motifs is 3. The van der Waals surface area contributed by atoms with E-state index in [9.17, 15) is 0 Å². The highest BCUT2D eigenvalue weighted by atomic mass is 16.5. The number of aryl methyl sites for hydroxylation is 1. The molecule has 20 heavy (non-hydrogen) atoms. The second kappa shape index (κ2) is 5.09. The summed E-state index contributed by atoms with van der Waals surface area (Å²) in [6.45, 7) is 5.28. The van der Waals surface area contributed by atoms with Gasteiger partial charge in [0.25, 0.3) is 0 Å². The van der Waals surface area contributed by atoms with Crippen LogP contribution in [0.15, 0.2) is 0 Å². The molecule has 4 rings (SSSR count). The lowest BCUT2D eigenvalue weighted by molar-refractivity contribution is 0.177. The van der Waals surface area contributed by atoms with Crippen LogP contribution in [0.25, 0.3) is 0 Å². The zero-order valence-corrected chi connectivity index (χ0v) is 12.1. The zero-order chi connectivity index (χ0) is 13.5. The van der Waals surface area contributed by atoms with Crippen LogP contribution in [0.3, 0.4) is 0 Å². The van der Waals surface area contributed by atoms with E-state index in [1.807, 2.05) is 0 Å². The topological polar surface area (TPSA) is 55.2 Å². The number of piperidine rings is 1. The predicted molar refractivity (Wildman–Crippen MR) is 74.2 cm³/mol. The fourth-order valence-electron chi connectivity index (χ4n) is 3.98. The second-order valence-electron chi connectivity index (χ2n) is 6.32. The summed E-state index contributed by atoms with van der Waals surface area (Å²) >= 11 is 0. The van der Waals surface area contributed by atoms with Gasteiger partial charge in [0.15, 0.2) is 5.82 Å². The first-order valence-corrected chi connectivity index (χ1v) is 7.74. The Morgan fingerprint density at radius 2 is 2.25 bits per heavy atom. The molecule has 1 aromatic rings. The maximum absolute atomic E-state index is 5.15. The van der Waals surface area contributed by atoms with Gasteiger partial charge in [-0.25, -0.2) is 9.67 Å². The molecule has 4 atom stereocenters. The molecule has 0 radical (unpaired) electrons. The molecule has 6 heteroatoms. The van der Waals surface area contributed by atoms with E-state index < -0.39 is 0 Å². The Morgan fingerprint density at radius 1 is 1.30 bits per heavy atom. The summed E-state index contributed by atoms with van der Waals surface area (Å²) in [6, 6.07) is 1.01. The summed E-state index contributed by atoms with van der Waals surface area (Å²) in [4.78, 5) is 7.25. The summed E-state index contributed by atoms with van der Waals surface area (Å²) in [7, 11) is 1.69. The van der Waals surface area contributed by atoms with Crippen LogP contribution in [-0.2, 0) is 17.9 Å².